The standard InChI is InChI=1S/C11H14Cl3NO4S3/c1-3-21-10(20)22-8-6(7(16)15-8)5(2)19-9(17)18-4-11(12,13)14/h5-6,8H,3-4H2,1-2H3,(H,15,16)/t5?,6-,8+/m0/s1. The molecule has 1 heterocycles. The Morgan fingerprint density at radius 2 is 2.14 bits per heavy atom. The lowest BCUT2D eigenvalue weighted by Crippen LogP contribution is -2.61. The Labute approximate surface area is 157 Å². The molecule has 1 N–H and O–H groups in total. The lowest BCUT2D eigenvalue weighted by atomic mass is 9.96. The van der Waals surface area contributed by atoms with Crippen molar-refractivity contribution >= 4 is 86.1 Å². The highest BCUT2D eigenvalue weighted by molar-refractivity contribution is 8.47. The number of thiocarbonyl (C=S) groups is 1. The van der Waals surface area contributed by atoms with Gasteiger partial charge in [0.05, 0.1) is 5.37 Å². The van der Waals surface area contributed by atoms with Crippen molar-refractivity contribution in [2.24, 2.45) is 5.92 Å². The van der Waals surface area contributed by atoms with Gasteiger partial charge in [-0.1, -0.05) is 65.7 Å². The van der Waals surface area contributed by atoms with Crippen LogP contribution in [0.5, 0.6) is 0 Å². The van der Waals surface area contributed by atoms with E-state index in [2.05, 4.69) is 10.1 Å². The van der Waals surface area contributed by atoms with Crippen LogP contribution in [0.4, 0.5) is 4.79 Å². The van der Waals surface area contributed by atoms with Crippen molar-refractivity contribution in [3.63, 3.8) is 0 Å². The lowest BCUT2D eigenvalue weighted by Gasteiger charge is -2.38. The molecule has 0 spiro atoms. The first-order chi connectivity index (χ1) is 10.1. The van der Waals surface area contributed by atoms with E-state index in [9.17, 15) is 9.59 Å². The Morgan fingerprint density at radius 1 is 1.50 bits per heavy atom. The second-order valence-corrected chi connectivity index (χ2v) is 10.4. The first kappa shape index (κ1) is 20.4. The highest BCUT2D eigenvalue weighted by Crippen LogP contribution is 2.34. The SMILES string of the molecule is CCSC(=S)S[C@H]1NC(=O)[C@@H]1C(C)OC(=O)OCC(Cl)(Cl)Cl. The van der Waals surface area contributed by atoms with E-state index >= 15 is 0 Å². The van der Waals surface area contributed by atoms with Gasteiger partial charge >= 0.3 is 6.16 Å². The number of ether oxygens (including phenoxy) is 2. The molecule has 0 bridgehead atoms. The van der Waals surface area contributed by atoms with Crippen LogP contribution in [-0.4, -0.2) is 43.2 Å². The van der Waals surface area contributed by atoms with E-state index in [1.165, 1.54) is 23.5 Å². The predicted octanol–water partition coefficient (Wildman–Crippen LogP) is 3.74. The summed E-state index contributed by atoms with van der Waals surface area (Å²) < 4.78 is 8.71. The van der Waals surface area contributed by atoms with Gasteiger partial charge < -0.3 is 14.8 Å². The highest BCUT2D eigenvalue weighted by Gasteiger charge is 2.46. The molecule has 1 unspecified atom stereocenters. The summed E-state index contributed by atoms with van der Waals surface area (Å²) in [5.74, 6) is 0.149. The predicted molar refractivity (Wildman–Crippen MR) is 95.9 cm³/mol. The van der Waals surface area contributed by atoms with E-state index in [-0.39, 0.29) is 11.3 Å². The minimum absolute atomic E-state index is 0.205. The van der Waals surface area contributed by atoms with Crippen molar-refractivity contribution in [2.45, 2.75) is 29.1 Å². The fraction of sp³-hybridized carbons (Fsp3) is 0.727. The van der Waals surface area contributed by atoms with Crippen LogP contribution in [-0.2, 0) is 14.3 Å². The van der Waals surface area contributed by atoms with Gasteiger partial charge in [-0.15, -0.1) is 11.8 Å². The van der Waals surface area contributed by atoms with Crippen LogP contribution in [0.3, 0.4) is 0 Å². The van der Waals surface area contributed by atoms with Crippen LogP contribution in [0, 0.1) is 5.92 Å². The number of alkyl halides is 3. The van der Waals surface area contributed by atoms with E-state index in [1.807, 2.05) is 6.92 Å². The van der Waals surface area contributed by atoms with Gasteiger partial charge in [-0.05, 0) is 12.7 Å². The van der Waals surface area contributed by atoms with Gasteiger partial charge in [-0.25, -0.2) is 4.79 Å². The first-order valence-electron chi connectivity index (χ1n) is 6.18. The van der Waals surface area contributed by atoms with Gasteiger partial charge in [-0.2, -0.15) is 0 Å². The molecule has 1 fully saturated rings. The van der Waals surface area contributed by atoms with Crippen molar-refractivity contribution < 1.29 is 19.1 Å². The molecule has 0 aromatic rings. The molecule has 1 aliphatic rings. The fourth-order valence-corrected chi connectivity index (χ4v) is 4.46. The number of carbonyl (C=O) groups is 2. The van der Waals surface area contributed by atoms with E-state index in [0.29, 0.717) is 0 Å². The normalized spacial score (nSPS) is 22.3. The molecule has 1 amide bonds. The number of nitrogens with one attached hydrogen (secondary N) is 1. The molecule has 126 valence electrons. The number of halogens is 3. The molecule has 1 rings (SSSR count). The molecule has 0 aromatic heterocycles. The summed E-state index contributed by atoms with van der Waals surface area (Å²) in [5.41, 5.74) is 0. The van der Waals surface area contributed by atoms with Crippen molar-refractivity contribution in [1.82, 2.24) is 5.32 Å². The van der Waals surface area contributed by atoms with Crippen LogP contribution in [0.15, 0.2) is 0 Å². The molecule has 11 heteroatoms. The molecule has 0 saturated carbocycles. The second-order valence-electron chi connectivity index (χ2n) is 4.23. The molecule has 22 heavy (non-hydrogen) atoms. The Kier molecular flexibility index (Phi) is 8.39. The topological polar surface area (TPSA) is 64.6 Å². The van der Waals surface area contributed by atoms with Crippen molar-refractivity contribution in [3.8, 4) is 0 Å². The van der Waals surface area contributed by atoms with Gasteiger partial charge in [0.2, 0.25) is 9.70 Å². The third kappa shape index (κ3) is 6.88. The van der Waals surface area contributed by atoms with Crippen molar-refractivity contribution in [3.05, 3.63) is 0 Å². The number of β-lactam (4-membered cyclic amide) rings is 1. The molecular formula is C11H14Cl3NO4S3. The number of rotatable bonds is 5. The Hall–Kier alpha value is 0.400. The minimum atomic E-state index is -1.71. The average Bonchev–Trinajstić information content (AvgIpc) is 2.34. The largest absolute Gasteiger partial charge is 0.508 e. The number of carbonyl (C=O) groups excluding carboxylic acids is 2. The monoisotopic (exact) mass is 425 g/mol. The van der Waals surface area contributed by atoms with Crippen molar-refractivity contribution in [2.75, 3.05) is 12.4 Å². The highest BCUT2D eigenvalue weighted by atomic mass is 35.6. The fourth-order valence-electron chi connectivity index (χ4n) is 1.58. The molecule has 5 nitrogen and oxygen atoms in total. The molecule has 3 atom stereocenters. The van der Waals surface area contributed by atoms with Crippen LogP contribution in [0.25, 0.3) is 0 Å². The van der Waals surface area contributed by atoms with E-state index < -0.39 is 28.6 Å². The maximum absolute atomic E-state index is 11.7. The third-order valence-corrected chi connectivity index (χ3v) is 5.53. The quantitative estimate of drug-likeness (QED) is 0.311. The molecule has 0 radical (unpaired) electrons. The van der Waals surface area contributed by atoms with Crippen molar-refractivity contribution in [1.29, 1.82) is 0 Å². The summed E-state index contributed by atoms with van der Waals surface area (Å²) in [4.78, 5) is 23.1. The van der Waals surface area contributed by atoms with Gasteiger partial charge in [0.1, 0.15) is 22.2 Å². The van der Waals surface area contributed by atoms with Crippen LogP contribution < -0.4 is 5.32 Å². The van der Waals surface area contributed by atoms with E-state index in [1.54, 1.807) is 6.92 Å². The van der Waals surface area contributed by atoms with E-state index in [4.69, 9.17) is 51.8 Å². The van der Waals surface area contributed by atoms with Gasteiger partial charge in [0, 0.05) is 0 Å². The van der Waals surface area contributed by atoms with Gasteiger partial charge in [-0.3, -0.25) is 4.79 Å². The Balaban J connectivity index is 2.45. The molecule has 1 saturated heterocycles. The lowest BCUT2D eigenvalue weighted by molar-refractivity contribution is -0.137. The summed E-state index contributed by atoms with van der Waals surface area (Å²) in [6, 6.07) is 0. The summed E-state index contributed by atoms with van der Waals surface area (Å²) in [7, 11) is 0. The zero-order valence-corrected chi connectivity index (χ0v) is 16.4. The molecule has 1 aliphatic heterocycles. The van der Waals surface area contributed by atoms with Crippen LogP contribution in [0.2, 0.25) is 0 Å². The smallest absolute Gasteiger partial charge is 0.430 e. The molecule has 0 aromatic carbocycles. The molecular weight excluding hydrogens is 413 g/mol. The Bertz CT molecular complexity index is 447. The second kappa shape index (κ2) is 9.03. The maximum Gasteiger partial charge on any atom is 0.508 e. The number of hydrogen-bond donors (Lipinski definition) is 1. The van der Waals surface area contributed by atoms with Crippen LogP contribution >= 0.6 is 70.5 Å². The van der Waals surface area contributed by atoms with E-state index in [0.717, 1.165) is 9.28 Å². The summed E-state index contributed by atoms with van der Waals surface area (Å²) in [6.07, 6.45) is -1.67. The summed E-state index contributed by atoms with van der Waals surface area (Å²) in [6.45, 7) is 3.15. The van der Waals surface area contributed by atoms with Gasteiger partial charge in [0.15, 0.2) is 0 Å². The van der Waals surface area contributed by atoms with Crippen LogP contribution in [0.1, 0.15) is 13.8 Å². The third-order valence-electron chi connectivity index (χ3n) is 2.54. The zero-order valence-electron chi connectivity index (χ0n) is 11.6. The van der Waals surface area contributed by atoms with Gasteiger partial charge in [0.25, 0.3) is 0 Å². The number of thioether (sulfide) groups is 2. The summed E-state index contributed by atoms with van der Waals surface area (Å²) >= 11 is 24.4. The maximum atomic E-state index is 11.7. The first-order valence-corrected chi connectivity index (χ1v) is 9.58. The Morgan fingerprint density at radius 3 is 2.64 bits per heavy atom. The number of amides is 1. The minimum Gasteiger partial charge on any atom is -0.430 e. The molecule has 0 aliphatic carbocycles. The average molecular weight is 427 g/mol. The number of hydrogen-bond acceptors (Lipinski definition) is 7. The zero-order chi connectivity index (χ0) is 16.9. The summed E-state index contributed by atoms with van der Waals surface area (Å²) in [5, 5.41) is 2.49.